The predicted molar refractivity (Wildman–Crippen MR) is 58.5 cm³/mol. The number of pyridine rings is 1. The third kappa shape index (κ3) is 2.28. The molecule has 0 amide bonds. The fourth-order valence-electron chi connectivity index (χ4n) is 1.20. The minimum Gasteiger partial charge on any atom is -0.478 e. The van der Waals surface area contributed by atoms with Crippen LogP contribution in [0.25, 0.3) is 0 Å². The molecule has 0 aromatic carbocycles. The van der Waals surface area contributed by atoms with Crippen molar-refractivity contribution >= 4 is 17.7 Å². The van der Waals surface area contributed by atoms with Crippen LogP contribution in [-0.4, -0.2) is 25.6 Å². The van der Waals surface area contributed by atoms with Crippen molar-refractivity contribution in [2.45, 2.75) is 10.2 Å². The lowest BCUT2D eigenvalue weighted by atomic mass is 10.3. The zero-order chi connectivity index (χ0) is 12.4. The molecule has 0 aliphatic rings. The molecule has 1 N–H and O–H groups in total. The van der Waals surface area contributed by atoms with E-state index in [0.717, 1.165) is 17.8 Å². The number of rotatable bonds is 3. The van der Waals surface area contributed by atoms with Gasteiger partial charge in [0.1, 0.15) is 5.03 Å². The fraction of sp³-hybridized carbons (Fsp3) is 0.100. The van der Waals surface area contributed by atoms with Crippen LogP contribution >= 0.6 is 11.8 Å². The highest BCUT2D eigenvalue weighted by Crippen LogP contribution is 2.27. The monoisotopic (exact) mass is 253 g/mol. The molecule has 0 aliphatic heterocycles. The van der Waals surface area contributed by atoms with Gasteiger partial charge in [-0.25, -0.2) is 19.2 Å². The number of aromatic carboxylic acids is 1. The first kappa shape index (κ1) is 11.6. The van der Waals surface area contributed by atoms with E-state index in [1.807, 2.05) is 0 Å². The van der Waals surface area contributed by atoms with Crippen LogP contribution in [0, 0.1) is 5.82 Å². The van der Waals surface area contributed by atoms with Crippen LogP contribution < -0.4 is 0 Å². The Morgan fingerprint density at radius 3 is 2.82 bits per heavy atom. The summed E-state index contributed by atoms with van der Waals surface area (Å²) in [5.74, 6) is -2.15. The highest BCUT2D eigenvalue weighted by molar-refractivity contribution is 7.99. The molecule has 0 spiro atoms. The number of nitrogens with zero attached hydrogens (tertiary/aromatic N) is 3. The second kappa shape index (κ2) is 4.54. The van der Waals surface area contributed by atoms with Crippen LogP contribution in [0.5, 0.6) is 0 Å². The maximum absolute atomic E-state index is 13.7. The highest BCUT2D eigenvalue weighted by atomic mass is 32.2. The molecule has 2 aromatic rings. The van der Waals surface area contributed by atoms with Crippen LogP contribution in [0.4, 0.5) is 4.39 Å². The molecule has 0 saturated heterocycles. The van der Waals surface area contributed by atoms with Gasteiger partial charge >= 0.3 is 5.97 Å². The molecule has 5 nitrogen and oxygen atoms in total. The summed E-state index contributed by atoms with van der Waals surface area (Å²) >= 11 is 0.981. The second-order valence-corrected chi connectivity index (χ2v) is 4.16. The smallest absolute Gasteiger partial charge is 0.338 e. The number of hydrogen-bond donors (Lipinski definition) is 1. The van der Waals surface area contributed by atoms with Gasteiger partial charge in [-0.3, -0.25) is 0 Å². The van der Waals surface area contributed by atoms with Gasteiger partial charge in [-0.2, -0.15) is 0 Å². The van der Waals surface area contributed by atoms with E-state index < -0.39 is 17.3 Å². The van der Waals surface area contributed by atoms with Gasteiger partial charge in [-0.05, 0) is 17.8 Å². The maximum Gasteiger partial charge on any atom is 0.338 e. The van der Waals surface area contributed by atoms with E-state index in [1.54, 1.807) is 24.0 Å². The van der Waals surface area contributed by atoms with E-state index in [9.17, 15) is 9.18 Å². The molecule has 2 heterocycles. The number of aromatic nitrogens is 3. The van der Waals surface area contributed by atoms with Gasteiger partial charge in [0, 0.05) is 25.6 Å². The van der Waals surface area contributed by atoms with Gasteiger partial charge in [0.2, 0.25) is 0 Å². The highest BCUT2D eigenvalue weighted by Gasteiger charge is 2.17. The molecule has 88 valence electrons. The molecule has 0 radical (unpaired) electrons. The molecule has 2 aromatic heterocycles. The van der Waals surface area contributed by atoms with Crippen molar-refractivity contribution in [1.29, 1.82) is 0 Å². The number of imidazole rings is 1. The number of halogens is 1. The molecular formula is C10H8FN3O2S. The van der Waals surface area contributed by atoms with Crippen molar-refractivity contribution in [1.82, 2.24) is 14.5 Å². The molecule has 0 atom stereocenters. The maximum atomic E-state index is 13.7. The lowest BCUT2D eigenvalue weighted by Crippen LogP contribution is -2.03. The Kier molecular flexibility index (Phi) is 3.10. The Balaban J connectivity index is 2.37. The van der Waals surface area contributed by atoms with Crippen LogP contribution in [0.2, 0.25) is 0 Å². The zero-order valence-electron chi connectivity index (χ0n) is 8.79. The van der Waals surface area contributed by atoms with E-state index in [-0.39, 0.29) is 5.03 Å². The summed E-state index contributed by atoms with van der Waals surface area (Å²) in [6.07, 6.45) is 4.54. The Morgan fingerprint density at radius 1 is 1.47 bits per heavy atom. The van der Waals surface area contributed by atoms with Crippen molar-refractivity contribution < 1.29 is 14.3 Å². The van der Waals surface area contributed by atoms with E-state index in [1.165, 1.54) is 6.20 Å². The lowest BCUT2D eigenvalue weighted by Gasteiger charge is -2.03. The first-order valence-electron chi connectivity index (χ1n) is 4.62. The number of carboxylic acids is 1. The molecular weight excluding hydrogens is 245 g/mol. The summed E-state index contributed by atoms with van der Waals surface area (Å²) in [4.78, 5) is 18.6. The Labute approximate surface area is 100 Å². The van der Waals surface area contributed by atoms with Gasteiger partial charge in [-0.1, -0.05) is 0 Å². The van der Waals surface area contributed by atoms with Crippen molar-refractivity contribution in [3.63, 3.8) is 0 Å². The number of hydrogen-bond acceptors (Lipinski definition) is 4. The molecule has 17 heavy (non-hydrogen) atoms. The number of carbonyl (C=O) groups is 1. The van der Waals surface area contributed by atoms with Gasteiger partial charge in [0.05, 0.1) is 5.56 Å². The Morgan fingerprint density at radius 2 is 2.24 bits per heavy atom. The first-order valence-corrected chi connectivity index (χ1v) is 5.44. The van der Waals surface area contributed by atoms with E-state index in [2.05, 4.69) is 9.97 Å². The second-order valence-electron chi connectivity index (χ2n) is 3.21. The fourth-order valence-corrected chi connectivity index (χ4v) is 2.00. The summed E-state index contributed by atoms with van der Waals surface area (Å²) in [5.41, 5.74) is -0.392. The quantitative estimate of drug-likeness (QED) is 0.903. The minimum atomic E-state index is -1.31. The van der Waals surface area contributed by atoms with Gasteiger partial charge in [0.25, 0.3) is 0 Å². The topological polar surface area (TPSA) is 68.0 Å². The zero-order valence-corrected chi connectivity index (χ0v) is 9.61. The van der Waals surface area contributed by atoms with Crippen LogP contribution in [0.1, 0.15) is 10.4 Å². The van der Waals surface area contributed by atoms with Crippen molar-refractivity contribution in [2.75, 3.05) is 0 Å². The van der Waals surface area contributed by atoms with Crippen LogP contribution in [0.15, 0.2) is 34.8 Å². The van der Waals surface area contributed by atoms with E-state index >= 15 is 0 Å². The lowest BCUT2D eigenvalue weighted by molar-refractivity contribution is 0.0691. The van der Waals surface area contributed by atoms with Gasteiger partial charge < -0.3 is 9.67 Å². The minimum absolute atomic E-state index is 0.000741. The SMILES string of the molecule is Cn1ccnc1Sc1nccc(C(=O)O)c1F. The van der Waals surface area contributed by atoms with Crippen molar-refractivity contribution in [3.8, 4) is 0 Å². The first-order chi connectivity index (χ1) is 8.09. The summed E-state index contributed by atoms with van der Waals surface area (Å²) in [5, 5.41) is 9.31. The average Bonchev–Trinajstić information content (AvgIpc) is 2.67. The molecule has 0 unspecified atom stereocenters. The summed E-state index contributed by atoms with van der Waals surface area (Å²) in [7, 11) is 1.76. The average molecular weight is 253 g/mol. The number of carboxylic acid groups (broad SMARTS) is 1. The largest absolute Gasteiger partial charge is 0.478 e. The van der Waals surface area contributed by atoms with Crippen molar-refractivity contribution in [2.24, 2.45) is 7.05 Å². The van der Waals surface area contributed by atoms with Gasteiger partial charge in [-0.15, -0.1) is 0 Å². The summed E-state index contributed by atoms with van der Waals surface area (Å²) in [6.45, 7) is 0. The molecule has 2 rings (SSSR count). The third-order valence-corrected chi connectivity index (χ3v) is 3.11. The molecule has 0 bridgehead atoms. The van der Waals surface area contributed by atoms with E-state index in [0.29, 0.717) is 5.16 Å². The Hall–Kier alpha value is -1.89. The third-order valence-electron chi connectivity index (χ3n) is 2.05. The normalized spacial score (nSPS) is 10.5. The standard InChI is InChI=1S/C10H8FN3O2S/c1-14-5-4-13-10(14)17-8-7(11)6(9(15)16)2-3-12-8/h2-5H,1H3,(H,15,16). The van der Waals surface area contributed by atoms with E-state index in [4.69, 9.17) is 5.11 Å². The van der Waals surface area contributed by atoms with Crippen LogP contribution in [-0.2, 0) is 7.05 Å². The van der Waals surface area contributed by atoms with Crippen molar-refractivity contribution in [3.05, 3.63) is 36.0 Å². The molecule has 0 saturated carbocycles. The summed E-state index contributed by atoms with van der Waals surface area (Å²) < 4.78 is 15.4. The molecule has 7 heteroatoms. The van der Waals surface area contributed by atoms with Gasteiger partial charge in [0.15, 0.2) is 11.0 Å². The van der Waals surface area contributed by atoms with Crippen LogP contribution in [0.3, 0.4) is 0 Å². The summed E-state index contributed by atoms with van der Waals surface area (Å²) in [6, 6.07) is 1.13. The molecule has 0 aliphatic carbocycles. The number of aryl methyl sites for hydroxylation is 1. The Bertz CT molecular complexity index is 570. The predicted octanol–water partition coefficient (Wildman–Crippen LogP) is 1.80. The molecule has 0 fully saturated rings.